The van der Waals surface area contributed by atoms with Crippen molar-refractivity contribution in [3.05, 3.63) is 57.7 Å². The lowest BCUT2D eigenvalue weighted by atomic mass is 10.1. The Balaban J connectivity index is 1.32. The molecule has 1 aromatic carbocycles. The first-order valence-corrected chi connectivity index (χ1v) is 9.30. The molecule has 0 aliphatic heterocycles. The minimum Gasteiger partial charge on any atom is -0.351 e. The van der Waals surface area contributed by atoms with Crippen LogP contribution in [0, 0.1) is 0 Å². The number of benzene rings is 1. The normalized spacial score (nSPS) is 13.8. The van der Waals surface area contributed by atoms with Crippen molar-refractivity contribution in [3.63, 3.8) is 0 Å². The van der Waals surface area contributed by atoms with Crippen LogP contribution in [0.15, 0.2) is 40.9 Å². The monoisotopic (exact) mass is 373 g/mol. The van der Waals surface area contributed by atoms with Gasteiger partial charge in [0.1, 0.15) is 0 Å². The van der Waals surface area contributed by atoms with E-state index in [0.717, 1.165) is 34.0 Å². The van der Waals surface area contributed by atoms with E-state index in [1.807, 2.05) is 24.3 Å². The summed E-state index contributed by atoms with van der Waals surface area (Å²) in [4.78, 5) is 18.5. The number of hydrogen-bond acceptors (Lipinski definition) is 5. The maximum atomic E-state index is 12.1. The van der Waals surface area contributed by atoms with Crippen LogP contribution in [-0.2, 0) is 17.8 Å². The number of amides is 1. The van der Waals surface area contributed by atoms with Crippen molar-refractivity contribution in [2.24, 2.45) is 0 Å². The Kier molecular flexibility index (Phi) is 4.55. The van der Waals surface area contributed by atoms with Gasteiger partial charge in [0.25, 0.3) is 5.89 Å². The lowest BCUT2D eigenvalue weighted by molar-refractivity contribution is -0.120. The molecule has 0 spiro atoms. The molecule has 4 rings (SSSR count). The van der Waals surface area contributed by atoms with Crippen LogP contribution in [0.5, 0.6) is 0 Å². The molecule has 1 aliphatic carbocycles. The third-order valence-corrected chi connectivity index (χ3v) is 5.32. The van der Waals surface area contributed by atoms with Crippen molar-refractivity contribution in [3.8, 4) is 10.8 Å². The second-order valence-corrected chi connectivity index (χ2v) is 7.68. The van der Waals surface area contributed by atoms with Gasteiger partial charge in [-0.2, -0.15) is 4.98 Å². The molecule has 2 aromatic heterocycles. The van der Waals surface area contributed by atoms with Crippen molar-refractivity contribution in [1.82, 2.24) is 15.5 Å². The highest BCUT2D eigenvalue weighted by Crippen LogP contribution is 2.39. The van der Waals surface area contributed by atoms with E-state index in [0.29, 0.717) is 29.8 Å². The quantitative estimate of drug-likeness (QED) is 0.703. The molecule has 1 N–H and O–H groups in total. The second-order valence-electron chi connectivity index (χ2n) is 6.08. The molecule has 0 radical (unpaired) electrons. The van der Waals surface area contributed by atoms with Gasteiger partial charge in [-0.3, -0.25) is 4.79 Å². The number of carbonyl (C=O) groups excluding carboxylic acids is 1. The number of rotatable bonds is 6. The van der Waals surface area contributed by atoms with Gasteiger partial charge in [-0.1, -0.05) is 28.9 Å². The minimum absolute atomic E-state index is 0.0221. The van der Waals surface area contributed by atoms with Gasteiger partial charge in [0.2, 0.25) is 5.91 Å². The van der Waals surface area contributed by atoms with Crippen molar-refractivity contribution in [2.45, 2.75) is 31.7 Å². The number of halogens is 1. The molecule has 7 heteroatoms. The van der Waals surface area contributed by atoms with E-state index in [9.17, 15) is 4.79 Å². The van der Waals surface area contributed by atoms with Gasteiger partial charge < -0.3 is 9.84 Å². The molecule has 5 nitrogen and oxygen atoms in total. The highest BCUT2D eigenvalue weighted by atomic mass is 35.5. The van der Waals surface area contributed by atoms with Crippen molar-refractivity contribution >= 4 is 28.8 Å². The fourth-order valence-corrected chi connectivity index (χ4v) is 3.46. The first-order chi connectivity index (χ1) is 12.2. The second kappa shape index (κ2) is 6.98. The van der Waals surface area contributed by atoms with E-state index in [-0.39, 0.29) is 5.91 Å². The summed E-state index contributed by atoms with van der Waals surface area (Å²) in [6.45, 7) is 0.487. The fourth-order valence-electron chi connectivity index (χ4n) is 2.47. The summed E-state index contributed by atoms with van der Waals surface area (Å²) in [5.74, 6) is 1.82. The molecule has 1 amide bonds. The molecule has 0 bridgehead atoms. The number of hydrogen-bond donors (Lipinski definition) is 1. The zero-order valence-corrected chi connectivity index (χ0v) is 14.9. The van der Waals surface area contributed by atoms with E-state index in [2.05, 4.69) is 15.5 Å². The van der Waals surface area contributed by atoms with Crippen molar-refractivity contribution in [1.29, 1.82) is 0 Å². The van der Waals surface area contributed by atoms with Gasteiger partial charge in [0, 0.05) is 15.8 Å². The van der Waals surface area contributed by atoms with Gasteiger partial charge in [-0.05, 0) is 42.7 Å². The summed E-state index contributed by atoms with van der Waals surface area (Å²) in [6, 6.07) is 11.2. The standard InChI is InChI=1S/C18H16ClN3O2S/c19-13-5-1-11(2-6-13)9-16(23)20-10-14-7-8-15(25-14)18-21-17(22-24-18)12-3-4-12/h1-2,5-8,12H,3-4,9-10H2,(H,20,23). The molecule has 1 aliphatic rings. The summed E-state index contributed by atoms with van der Waals surface area (Å²) in [5, 5.41) is 7.63. The van der Waals surface area contributed by atoms with E-state index >= 15 is 0 Å². The highest BCUT2D eigenvalue weighted by molar-refractivity contribution is 7.15. The van der Waals surface area contributed by atoms with Crippen molar-refractivity contribution < 1.29 is 9.32 Å². The maximum absolute atomic E-state index is 12.1. The van der Waals surface area contributed by atoms with Gasteiger partial charge in [-0.15, -0.1) is 11.3 Å². The van der Waals surface area contributed by atoms with E-state index < -0.39 is 0 Å². The summed E-state index contributed by atoms with van der Waals surface area (Å²) < 4.78 is 5.33. The molecule has 3 aromatic rings. The number of nitrogens with one attached hydrogen (secondary N) is 1. The average Bonchev–Trinajstić information content (AvgIpc) is 3.16. The average molecular weight is 374 g/mol. The first kappa shape index (κ1) is 16.3. The van der Waals surface area contributed by atoms with Gasteiger partial charge in [0.05, 0.1) is 17.8 Å². The van der Waals surface area contributed by atoms with Gasteiger partial charge >= 0.3 is 0 Å². The SMILES string of the molecule is O=C(Cc1ccc(Cl)cc1)NCc1ccc(-c2nc(C3CC3)no2)s1. The Hall–Kier alpha value is -2.18. The Morgan fingerprint density at radius 2 is 2.04 bits per heavy atom. The minimum atomic E-state index is -0.0221. The van der Waals surface area contributed by atoms with Crippen LogP contribution in [0.25, 0.3) is 10.8 Å². The van der Waals surface area contributed by atoms with Crippen LogP contribution in [0.2, 0.25) is 5.02 Å². The number of carbonyl (C=O) groups is 1. The van der Waals surface area contributed by atoms with Crippen LogP contribution in [0.4, 0.5) is 0 Å². The smallest absolute Gasteiger partial charge is 0.268 e. The lowest BCUT2D eigenvalue weighted by Crippen LogP contribution is -2.24. The first-order valence-electron chi connectivity index (χ1n) is 8.11. The molecular weight excluding hydrogens is 358 g/mol. The van der Waals surface area contributed by atoms with Crippen LogP contribution in [0.3, 0.4) is 0 Å². The third-order valence-electron chi connectivity index (χ3n) is 3.99. The number of nitrogens with zero attached hydrogens (tertiary/aromatic N) is 2. The van der Waals surface area contributed by atoms with E-state index in [1.165, 1.54) is 0 Å². The summed E-state index contributed by atoms with van der Waals surface area (Å²) in [7, 11) is 0. The van der Waals surface area contributed by atoms with Crippen LogP contribution in [0.1, 0.15) is 35.0 Å². The summed E-state index contributed by atoms with van der Waals surface area (Å²) in [6.07, 6.45) is 2.63. The van der Waals surface area contributed by atoms with Crippen LogP contribution < -0.4 is 5.32 Å². The predicted molar refractivity (Wildman–Crippen MR) is 96.6 cm³/mol. The molecule has 1 fully saturated rings. The zero-order valence-electron chi connectivity index (χ0n) is 13.4. The molecular formula is C18H16ClN3O2S. The van der Waals surface area contributed by atoms with E-state index in [1.54, 1.807) is 23.5 Å². The predicted octanol–water partition coefficient (Wildman–Crippen LogP) is 4.19. The molecule has 25 heavy (non-hydrogen) atoms. The highest BCUT2D eigenvalue weighted by Gasteiger charge is 2.29. The Labute approximate surface area is 154 Å². The van der Waals surface area contributed by atoms with E-state index in [4.69, 9.17) is 16.1 Å². The number of thiophene rings is 1. The molecule has 0 saturated heterocycles. The number of aromatic nitrogens is 2. The zero-order chi connectivity index (χ0) is 17.2. The summed E-state index contributed by atoms with van der Waals surface area (Å²) in [5.41, 5.74) is 0.937. The maximum Gasteiger partial charge on any atom is 0.268 e. The molecule has 2 heterocycles. The van der Waals surface area contributed by atoms with Gasteiger partial charge in [-0.25, -0.2) is 0 Å². The Morgan fingerprint density at radius 3 is 2.80 bits per heavy atom. The van der Waals surface area contributed by atoms with Crippen molar-refractivity contribution in [2.75, 3.05) is 0 Å². The van der Waals surface area contributed by atoms with Crippen LogP contribution in [-0.4, -0.2) is 16.0 Å². The third kappa shape index (κ3) is 4.08. The largest absolute Gasteiger partial charge is 0.351 e. The molecule has 128 valence electrons. The Morgan fingerprint density at radius 1 is 1.24 bits per heavy atom. The molecule has 0 unspecified atom stereocenters. The Bertz CT molecular complexity index is 884. The molecule has 1 saturated carbocycles. The topological polar surface area (TPSA) is 68.0 Å². The fraction of sp³-hybridized carbons (Fsp3) is 0.278. The summed E-state index contributed by atoms with van der Waals surface area (Å²) >= 11 is 7.40. The van der Waals surface area contributed by atoms with Crippen LogP contribution >= 0.6 is 22.9 Å². The lowest BCUT2D eigenvalue weighted by Gasteiger charge is -2.04. The van der Waals surface area contributed by atoms with Gasteiger partial charge in [0.15, 0.2) is 5.82 Å². The molecule has 0 atom stereocenters.